The van der Waals surface area contributed by atoms with E-state index >= 15 is 9.59 Å². The number of amidine groups is 2. The first-order valence-corrected chi connectivity index (χ1v) is 31.3. The van der Waals surface area contributed by atoms with Gasteiger partial charge in [-0.25, -0.2) is 19.6 Å². The van der Waals surface area contributed by atoms with Crippen LogP contribution in [0.2, 0.25) is 0 Å². The molecule has 2 heterocycles. The maximum absolute atomic E-state index is 15.9. The highest BCUT2D eigenvalue weighted by Gasteiger charge is 2.56. The summed E-state index contributed by atoms with van der Waals surface area (Å²) in [7, 11) is 0. The molecule has 0 bridgehead atoms. The lowest BCUT2D eigenvalue weighted by atomic mass is 9.80. The lowest BCUT2D eigenvalue weighted by Crippen LogP contribution is -2.58. The van der Waals surface area contributed by atoms with Gasteiger partial charge in [0, 0.05) is 11.8 Å². The van der Waals surface area contributed by atoms with E-state index in [0.717, 1.165) is 67.0 Å². The minimum atomic E-state index is -0.352. The Morgan fingerprint density at radius 3 is 0.733 bits per heavy atom. The molecule has 4 amide bonds. The van der Waals surface area contributed by atoms with Crippen molar-refractivity contribution in [2.24, 2.45) is 10.2 Å². The molecule has 2 aliphatic heterocycles. The second kappa shape index (κ2) is 20.7. The van der Waals surface area contributed by atoms with Gasteiger partial charge in [0.05, 0.1) is 34.6 Å². The van der Waals surface area contributed by atoms with Gasteiger partial charge in [0.25, 0.3) is 0 Å². The van der Waals surface area contributed by atoms with Gasteiger partial charge in [0.1, 0.15) is 0 Å². The summed E-state index contributed by atoms with van der Waals surface area (Å²) in [6.07, 6.45) is 0. The molecule has 10 nitrogen and oxygen atoms in total. The lowest BCUT2D eigenvalue weighted by molar-refractivity contribution is 0.248. The van der Waals surface area contributed by atoms with E-state index in [-0.39, 0.29) is 79.1 Å². The van der Waals surface area contributed by atoms with Gasteiger partial charge < -0.3 is 0 Å². The molecule has 6 aromatic carbocycles. The summed E-state index contributed by atoms with van der Waals surface area (Å²) in [5, 5.41) is 18.1. The number of benzene rings is 6. The van der Waals surface area contributed by atoms with E-state index in [1.54, 1.807) is 20.0 Å². The summed E-state index contributed by atoms with van der Waals surface area (Å²) in [5.41, 5.74) is 22.4. The first kappa shape index (κ1) is 61.9. The Bertz CT molecular complexity index is 3360. The summed E-state index contributed by atoms with van der Waals surface area (Å²) in [4.78, 5) is 31.8. The largest absolute Gasteiger partial charge is 0.368 e. The molecule has 4 atom stereocenters. The second-order valence-corrected chi connectivity index (χ2v) is 33.4. The standard InChI is InChI=1S/C76H98N8O2/c1-69(2,3)45-33-46(70(4,5)6)38-53(37-45)81-67(85)82(54-39-47(71(7,8)9)34-48(40-54)72(10,11)12)78-65(77-81)63-59-31-27-25-29-57(59)62-61(63)58-30-26-28-32-60(58)64(62)66-79-83(55-41-49(73(13,14)15)35-50(42-55)74(16,17)18)68(86)84(80-66)56-43-51(75(19,20)21)36-52(44-56)76(22,23)24/h25-44,61-64H,1-24H3,(H,77,78)(H,79,80). The molecule has 10 heteroatoms. The fraction of sp³-hybridized carbons (Fsp3) is 0.474. The maximum atomic E-state index is 15.9. The number of nitrogens with one attached hydrogen (secondary N) is 2. The minimum absolute atomic E-state index is 0.175. The van der Waals surface area contributed by atoms with Gasteiger partial charge in [0.2, 0.25) is 0 Å². The molecule has 0 radical (unpaired) electrons. The van der Waals surface area contributed by atoms with Crippen LogP contribution in [0, 0.1) is 0 Å². The van der Waals surface area contributed by atoms with Crippen molar-refractivity contribution in [2.45, 2.75) is 233 Å². The predicted octanol–water partition coefficient (Wildman–Crippen LogP) is 19.1. The number of hydrazone groups is 2. The van der Waals surface area contributed by atoms with Gasteiger partial charge in [-0.2, -0.15) is 10.0 Å². The number of urea groups is 2. The molecule has 454 valence electrons. The van der Waals surface area contributed by atoms with Crippen LogP contribution in [0.25, 0.3) is 0 Å². The average Bonchev–Trinajstić information content (AvgIpc) is 1.53. The molecule has 2 aliphatic carbocycles. The van der Waals surface area contributed by atoms with E-state index in [4.69, 9.17) is 10.2 Å². The van der Waals surface area contributed by atoms with Crippen molar-refractivity contribution in [3.63, 3.8) is 0 Å². The number of amides is 4. The Morgan fingerprint density at radius 1 is 0.302 bits per heavy atom. The van der Waals surface area contributed by atoms with Crippen molar-refractivity contribution >= 4 is 46.5 Å². The van der Waals surface area contributed by atoms with Crippen molar-refractivity contribution in [2.75, 3.05) is 20.0 Å². The molecule has 0 spiro atoms. The molecule has 6 aromatic rings. The zero-order valence-electron chi connectivity index (χ0n) is 56.4. The molecule has 0 saturated heterocycles. The Hall–Kier alpha value is -7.20. The van der Waals surface area contributed by atoms with Crippen LogP contribution in [-0.2, 0) is 43.3 Å². The molecule has 0 saturated carbocycles. The summed E-state index contributed by atoms with van der Waals surface area (Å²) >= 11 is 0. The number of carbonyl (C=O) groups is 2. The third-order valence-electron chi connectivity index (χ3n) is 18.3. The van der Waals surface area contributed by atoms with E-state index in [1.165, 1.54) is 11.1 Å². The van der Waals surface area contributed by atoms with E-state index < -0.39 is 0 Å². The van der Waals surface area contributed by atoms with Gasteiger partial charge in [-0.3, -0.25) is 10.9 Å². The smallest absolute Gasteiger partial charge is 0.274 e. The Balaban J connectivity index is 1.21. The van der Waals surface area contributed by atoms with Crippen LogP contribution in [0.5, 0.6) is 0 Å². The fourth-order valence-electron chi connectivity index (χ4n) is 12.6. The Morgan fingerprint density at radius 2 is 0.512 bits per heavy atom. The normalized spacial score (nSPS) is 19.7. The number of hydrogen-bond acceptors (Lipinski definition) is 6. The third kappa shape index (κ3) is 11.6. The third-order valence-corrected chi connectivity index (χ3v) is 18.3. The lowest BCUT2D eigenvalue weighted by Gasteiger charge is -2.39. The van der Waals surface area contributed by atoms with Crippen molar-refractivity contribution in [1.82, 2.24) is 10.9 Å². The monoisotopic (exact) mass is 1150 g/mol. The van der Waals surface area contributed by atoms with E-state index in [9.17, 15) is 0 Å². The SMILES string of the molecule is CC(C)(C)c1cc(N2N=C(C3c4ccccc4C4C(C5=NN(c6cc(C(C)(C)C)cc(C(C)(C)C)c6)C(=O)N(c6cc(C(C)(C)C)cc(C(C)(C)C)c6)N5)c5ccccc5C34)NN(c3cc(C(C)(C)C)cc(C(C)(C)C)c3)C2=O)cc(C(C)(C)C)c1. The molecular formula is C76H98N8O2. The van der Waals surface area contributed by atoms with Crippen LogP contribution in [0.1, 0.15) is 257 Å². The average molecular weight is 1160 g/mol. The van der Waals surface area contributed by atoms with E-state index in [0.29, 0.717) is 23.0 Å². The predicted molar refractivity (Wildman–Crippen MR) is 361 cm³/mol. The fourth-order valence-corrected chi connectivity index (χ4v) is 12.6. The molecular weight excluding hydrogens is 1060 g/mol. The minimum Gasteiger partial charge on any atom is -0.274 e. The highest BCUT2D eigenvalue weighted by molar-refractivity contribution is 6.13. The van der Waals surface area contributed by atoms with Crippen LogP contribution in [0.3, 0.4) is 0 Å². The van der Waals surface area contributed by atoms with Crippen molar-refractivity contribution < 1.29 is 9.59 Å². The van der Waals surface area contributed by atoms with Gasteiger partial charge in [-0.1, -0.05) is 239 Å². The Kier molecular flexibility index (Phi) is 14.9. The molecule has 2 N–H and O–H groups in total. The number of rotatable bonds is 6. The van der Waals surface area contributed by atoms with Gasteiger partial charge in [-0.05, 0) is 159 Å². The summed E-state index contributed by atoms with van der Waals surface area (Å²) in [6.45, 7) is 53.5. The van der Waals surface area contributed by atoms with Crippen LogP contribution < -0.4 is 30.9 Å². The first-order valence-electron chi connectivity index (χ1n) is 31.3. The van der Waals surface area contributed by atoms with Gasteiger partial charge >= 0.3 is 12.1 Å². The van der Waals surface area contributed by atoms with E-state index in [2.05, 4.69) is 298 Å². The summed E-state index contributed by atoms with van der Waals surface area (Å²) in [6, 6.07) is 43.5. The van der Waals surface area contributed by atoms with Crippen molar-refractivity contribution in [3.8, 4) is 0 Å². The van der Waals surface area contributed by atoms with Gasteiger partial charge in [0.15, 0.2) is 11.7 Å². The molecule has 0 aromatic heterocycles. The number of hydrazine groups is 2. The highest BCUT2D eigenvalue weighted by Crippen LogP contribution is 2.64. The first-order chi connectivity index (χ1) is 39.5. The Labute approximate surface area is 515 Å². The van der Waals surface area contributed by atoms with Crippen LogP contribution >= 0.6 is 0 Å². The maximum Gasteiger partial charge on any atom is 0.368 e. The summed E-state index contributed by atoms with van der Waals surface area (Å²) < 4.78 is 0. The quantitative estimate of drug-likeness (QED) is 0.174. The molecule has 4 unspecified atom stereocenters. The number of nitrogens with zero attached hydrogens (tertiary/aromatic N) is 6. The number of carbonyl (C=O) groups excluding carboxylic acids is 2. The second-order valence-electron chi connectivity index (χ2n) is 33.4. The van der Waals surface area contributed by atoms with Crippen LogP contribution in [-0.4, -0.2) is 23.7 Å². The summed E-state index contributed by atoms with van der Waals surface area (Å²) in [5.74, 6) is 0.273. The van der Waals surface area contributed by atoms with Crippen LogP contribution in [0.4, 0.5) is 32.3 Å². The van der Waals surface area contributed by atoms with Crippen LogP contribution in [0.15, 0.2) is 132 Å². The zero-order chi connectivity index (χ0) is 63.1. The van der Waals surface area contributed by atoms with Crippen molar-refractivity contribution in [3.05, 3.63) is 188 Å². The zero-order valence-corrected chi connectivity index (χ0v) is 56.4. The number of anilines is 4. The number of hydrogen-bond donors (Lipinski definition) is 2. The number of fused-ring (bicyclic) bond motifs is 5. The highest BCUT2D eigenvalue weighted by atomic mass is 16.2. The molecule has 10 rings (SSSR count). The molecule has 0 fully saturated rings. The molecule has 4 aliphatic rings. The topological polar surface area (TPSA) is 95.9 Å². The van der Waals surface area contributed by atoms with Gasteiger partial charge in [-0.15, -0.1) is 10.2 Å². The van der Waals surface area contributed by atoms with Crippen molar-refractivity contribution in [1.29, 1.82) is 0 Å². The molecule has 86 heavy (non-hydrogen) atoms. The van der Waals surface area contributed by atoms with E-state index in [1.807, 2.05) is 0 Å².